The third-order valence-electron chi connectivity index (χ3n) is 4.64. The molecule has 0 radical (unpaired) electrons. The molecule has 0 aliphatic heterocycles. The van der Waals surface area contributed by atoms with Gasteiger partial charge in [-0.05, 0) is 48.9 Å². The highest BCUT2D eigenvalue weighted by Crippen LogP contribution is 2.25. The van der Waals surface area contributed by atoms with Gasteiger partial charge in [-0.2, -0.15) is 0 Å². The molecule has 0 N–H and O–H groups in total. The zero-order valence-corrected chi connectivity index (χ0v) is 15.4. The molecule has 26 heavy (non-hydrogen) atoms. The van der Waals surface area contributed by atoms with Crippen molar-refractivity contribution in [2.45, 2.75) is 30.4 Å². The summed E-state index contributed by atoms with van der Waals surface area (Å²) in [6.07, 6.45) is 6.14. The van der Waals surface area contributed by atoms with Gasteiger partial charge in [-0.3, -0.25) is 0 Å². The second-order valence-electron chi connectivity index (χ2n) is 6.62. The number of sulfone groups is 1. The molecule has 1 heterocycles. The van der Waals surface area contributed by atoms with Gasteiger partial charge in [-0.15, -0.1) is 0 Å². The maximum absolute atomic E-state index is 12.4. The van der Waals surface area contributed by atoms with Crippen LogP contribution in [0.5, 0.6) is 0 Å². The average molecular weight is 374 g/mol. The number of allylic oxidation sites excluding steroid dienone is 2. The lowest BCUT2D eigenvalue weighted by Crippen LogP contribution is -2.21. The van der Waals surface area contributed by atoms with Gasteiger partial charge >= 0.3 is 5.97 Å². The summed E-state index contributed by atoms with van der Waals surface area (Å²) in [5.74, 6) is 0.161. The summed E-state index contributed by atoms with van der Waals surface area (Å²) in [5.41, 5.74) is 0. The molecule has 0 amide bonds. The summed E-state index contributed by atoms with van der Waals surface area (Å²) in [4.78, 5) is 12.4. The highest BCUT2D eigenvalue weighted by atomic mass is 32.2. The van der Waals surface area contributed by atoms with Crippen LogP contribution in [-0.4, -0.2) is 21.0 Å². The van der Waals surface area contributed by atoms with Crippen LogP contribution >= 0.6 is 0 Å². The predicted molar refractivity (Wildman–Crippen MR) is 97.4 cm³/mol. The molecule has 1 aliphatic rings. The van der Waals surface area contributed by atoms with E-state index in [1.54, 1.807) is 18.2 Å². The first-order chi connectivity index (χ1) is 12.5. The first kappa shape index (κ1) is 18.5. The number of carbonyl (C=O) groups is 1. The molecule has 1 aliphatic carbocycles. The first-order valence-corrected chi connectivity index (χ1v) is 10.3. The second kappa shape index (κ2) is 7.91. The van der Waals surface area contributed by atoms with Gasteiger partial charge in [-0.1, -0.05) is 37.3 Å². The normalized spacial score (nSPS) is 20.0. The van der Waals surface area contributed by atoms with Crippen molar-refractivity contribution in [3.8, 4) is 0 Å². The van der Waals surface area contributed by atoms with Crippen molar-refractivity contribution >= 4 is 15.8 Å². The number of esters is 1. The summed E-state index contributed by atoms with van der Waals surface area (Å²) in [6.45, 7) is 2.48. The van der Waals surface area contributed by atoms with E-state index in [1.165, 1.54) is 24.3 Å². The van der Waals surface area contributed by atoms with Gasteiger partial charge in [0.2, 0.25) is 5.76 Å². The van der Waals surface area contributed by atoms with Crippen molar-refractivity contribution in [3.63, 3.8) is 0 Å². The van der Waals surface area contributed by atoms with Gasteiger partial charge < -0.3 is 9.15 Å². The number of rotatable bonds is 6. The first-order valence-electron chi connectivity index (χ1n) is 8.64. The van der Waals surface area contributed by atoms with Crippen LogP contribution in [0.1, 0.15) is 36.1 Å². The Kier molecular flexibility index (Phi) is 5.61. The van der Waals surface area contributed by atoms with Crippen LogP contribution in [0.25, 0.3) is 0 Å². The number of hydrogen-bond acceptors (Lipinski definition) is 5. The van der Waals surface area contributed by atoms with Crippen molar-refractivity contribution in [2.75, 3.05) is 6.61 Å². The fourth-order valence-corrected chi connectivity index (χ4v) is 4.22. The van der Waals surface area contributed by atoms with E-state index in [2.05, 4.69) is 19.1 Å². The van der Waals surface area contributed by atoms with E-state index in [-0.39, 0.29) is 22.2 Å². The fourth-order valence-electron chi connectivity index (χ4n) is 2.96. The average Bonchev–Trinajstić information content (AvgIpc) is 3.09. The van der Waals surface area contributed by atoms with Gasteiger partial charge in [0.1, 0.15) is 11.5 Å². The molecule has 1 aromatic heterocycles. The fraction of sp³-hybridized carbons (Fsp3) is 0.350. The van der Waals surface area contributed by atoms with Gasteiger partial charge in [-0.25, -0.2) is 13.2 Å². The third kappa shape index (κ3) is 4.43. The lowest BCUT2D eigenvalue weighted by molar-refractivity contribution is 0.0358. The molecule has 0 fully saturated rings. The van der Waals surface area contributed by atoms with Crippen molar-refractivity contribution < 1.29 is 22.4 Å². The minimum atomic E-state index is -3.52. The minimum Gasteiger partial charge on any atom is -0.460 e. The van der Waals surface area contributed by atoms with E-state index in [0.717, 1.165) is 12.8 Å². The van der Waals surface area contributed by atoms with E-state index in [0.29, 0.717) is 18.4 Å². The van der Waals surface area contributed by atoms with Crippen LogP contribution in [0.3, 0.4) is 0 Å². The topological polar surface area (TPSA) is 73.6 Å². The van der Waals surface area contributed by atoms with E-state index in [9.17, 15) is 13.2 Å². The molecule has 2 aromatic rings. The molecule has 0 unspecified atom stereocenters. The zero-order valence-electron chi connectivity index (χ0n) is 14.6. The standard InChI is InChI=1S/C20H22O5S/c1-15-7-5-6-8-16(15)13-24-20(21)19-12-11-17(25-19)14-26(22,23)18-9-3-2-4-10-18/h2-6,9-12,15-16H,7-8,13-14H2,1H3/t15-,16-/m1/s1. The minimum absolute atomic E-state index is 0.0299. The number of furan rings is 1. The monoisotopic (exact) mass is 374 g/mol. The van der Waals surface area contributed by atoms with Gasteiger partial charge in [0.05, 0.1) is 11.5 Å². The zero-order chi connectivity index (χ0) is 18.6. The summed E-state index contributed by atoms with van der Waals surface area (Å²) in [7, 11) is -3.52. The molecule has 3 rings (SSSR count). The molecule has 1 aromatic carbocycles. The van der Waals surface area contributed by atoms with Crippen molar-refractivity contribution in [3.05, 3.63) is 66.1 Å². The predicted octanol–water partition coefficient (Wildman–Crippen LogP) is 4.01. The molecule has 2 atom stereocenters. The Labute approximate surface area is 153 Å². The maximum atomic E-state index is 12.4. The number of hydrogen-bond donors (Lipinski definition) is 0. The van der Waals surface area contributed by atoms with Crippen LogP contribution in [0.15, 0.2) is 63.9 Å². The van der Waals surface area contributed by atoms with Crippen molar-refractivity contribution in [1.82, 2.24) is 0 Å². The molecule has 0 saturated carbocycles. The Morgan fingerprint density at radius 3 is 2.58 bits per heavy atom. The Hall–Kier alpha value is -2.34. The summed E-state index contributed by atoms with van der Waals surface area (Å²) >= 11 is 0. The van der Waals surface area contributed by atoms with Gasteiger partial charge in [0.15, 0.2) is 9.84 Å². The largest absolute Gasteiger partial charge is 0.460 e. The smallest absolute Gasteiger partial charge is 0.374 e. The highest BCUT2D eigenvalue weighted by molar-refractivity contribution is 7.90. The Bertz CT molecular complexity index is 880. The molecular formula is C20H22O5S. The SMILES string of the molecule is C[C@@H]1CC=CC[C@@H]1COC(=O)c1ccc(CS(=O)(=O)c2ccccc2)o1. The number of ether oxygens (including phenoxy) is 1. The van der Waals surface area contributed by atoms with E-state index in [1.807, 2.05) is 0 Å². The Morgan fingerprint density at radius 2 is 1.85 bits per heavy atom. The van der Waals surface area contributed by atoms with Gasteiger partial charge in [0, 0.05) is 0 Å². The molecule has 0 bridgehead atoms. The quantitative estimate of drug-likeness (QED) is 0.564. The van der Waals surface area contributed by atoms with Crippen LogP contribution in [0.4, 0.5) is 0 Å². The van der Waals surface area contributed by atoms with Crippen molar-refractivity contribution in [2.24, 2.45) is 11.8 Å². The van der Waals surface area contributed by atoms with Crippen LogP contribution in [-0.2, 0) is 20.3 Å². The second-order valence-corrected chi connectivity index (χ2v) is 8.61. The molecule has 6 heteroatoms. The summed E-state index contributed by atoms with van der Waals surface area (Å²) in [5, 5.41) is 0. The van der Waals surface area contributed by atoms with Crippen LogP contribution < -0.4 is 0 Å². The maximum Gasteiger partial charge on any atom is 0.374 e. The van der Waals surface area contributed by atoms with Crippen molar-refractivity contribution in [1.29, 1.82) is 0 Å². The van der Waals surface area contributed by atoms with E-state index >= 15 is 0 Å². The van der Waals surface area contributed by atoms with Gasteiger partial charge in [0.25, 0.3) is 0 Å². The lowest BCUT2D eigenvalue weighted by atomic mass is 9.85. The Balaban J connectivity index is 1.60. The molecule has 0 saturated heterocycles. The summed E-state index contributed by atoms with van der Waals surface area (Å²) < 4.78 is 35.5. The number of carbonyl (C=O) groups excluding carboxylic acids is 1. The van der Waals surface area contributed by atoms with E-state index in [4.69, 9.17) is 9.15 Å². The molecule has 138 valence electrons. The highest BCUT2D eigenvalue weighted by Gasteiger charge is 2.23. The molecular weight excluding hydrogens is 352 g/mol. The molecule has 5 nitrogen and oxygen atoms in total. The third-order valence-corrected chi connectivity index (χ3v) is 6.30. The lowest BCUT2D eigenvalue weighted by Gasteiger charge is -2.24. The number of benzene rings is 1. The van der Waals surface area contributed by atoms with Crippen LogP contribution in [0.2, 0.25) is 0 Å². The summed E-state index contributed by atoms with van der Waals surface area (Å²) in [6, 6.07) is 11.1. The van der Waals surface area contributed by atoms with E-state index < -0.39 is 15.8 Å². The van der Waals surface area contributed by atoms with Crippen LogP contribution in [0, 0.1) is 11.8 Å². The Morgan fingerprint density at radius 1 is 1.12 bits per heavy atom. The molecule has 0 spiro atoms.